The maximum atomic E-state index is 5.01. The van der Waals surface area contributed by atoms with Crippen molar-refractivity contribution in [3.8, 4) is 22.5 Å². The summed E-state index contributed by atoms with van der Waals surface area (Å²) in [5, 5.41) is 1.45. The highest BCUT2D eigenvalue weighted by Crippen LogP contribution is 2.39. The van der Waals surface area contributed by atoms with E-state index in [1.807, 2.05) is 17.5 Å². The van der Waals surface area contributed by atoms with Crippen LogP contribution < -0.4 is 14.6 Å². The molecule has 0 aliphatic carbocycles. The van der Waals surface area contributed by atoms with Crippen LogP contribution in [0.1, 0.15) is 90.1 Å². The highest BCUT2D eigenvalue weighted by molar-refractivity contribution is 7.34. The minimum Gasteiger partial charge on any atom is -0.345 e. The number of nitrogens with zero attached hydrogens (tertiary/aromatic N) is 4. The lowest BCUT2D eigenvalue weighted by Crippen LogP contribution is -2.52. The third-order valence-corrected chi connectivity index (χ3v) is 16.8. The van der Waals surface area contributed by atoms with Gasteiger partial charge in [0.05, 0.1) is 21.6 Å². The first kappa shape index (κ1) is 37.6. The second-order valence-electron chi connectivity index (χ2n) is 18.2. The monoisotopic (exact) mass is 724 g/mol. The zero-order valence-corrected chi connectivity index (χ0v) is 35.6. The maximum Gasteiger partial charge on any atom is 0.125 e. The second kappa shape index (κ2) is 13.4. The van der Waals surface area contributed by atoms with Crippen LogP contribution in [0, 0.1) is 13.8 Å². The molecule has 0 radical (unpaired) electrons. The van der Waals surface area contributed by atoms with E-state index in [2.05, 4.69) is 174 Å². The van der Waals surface area contributed by atoms with E-state index in [4.69, 9.17) is 15.0 Å². The van der Waals surface area contributed by atoms with Crippen LogP contribution in [0.3, 0.4) is 0 Å². The van der Waals surface area contributed by atoms with Gasteiger partial charge in [-0.25, -0.2) is 9.97 Å². The predicted molar refractivity (Wildman–Crippen MR) is 229 cm³/mol. The normalized spacial score (nSPS) is 12.8. The molecule has 0 fully saturated rings. The molecule has 6 rings (SSSR count). The Morgan fingerprint density at radius 3 is 1.87 bits per heavy atom. The molecule has 0 amide bonds. The second-order valence-corrected chi connectivity index (χ2v) is 23.9. The molecule has 0 saturated heterocycles. The Balaban J connectivity index is 1.45. The summed E-state index contributed by atoms with van der Waals surface area (Å²) in [7, 11) is 0.153. The SMILES string of the molecule is Cc1cc(-c2cc(C(C)(C)C)ccn2)cc(N(C)c2cc(-c3ncnc4c(C)c([Si](C)(C)c5ccc(C(C)(C)C)cc5)sc34)cc(C(C)(C)C)c2)c1. The molecule has 0 bridgehead atoms. The lowest BCUT2D eigenvalue weighted by atomic mass is 9.85. The van der Waals surface area contributed by atoms with E-state index in [0.717, 1.165) is 39.4 Å². The summed E-state index contributed by atoms with van der Waals surface area (Å²) < 4.78 is 2.64. The van der Waals surface area contributed by atoms with Crippen molar-refractivity contribution in [2.75, 3.05) is 11.9 Å². The van der Waals surface area contributed by atoms with E-state index in [9.17, 15) is 0 Å². The lowest BCUT2D eigenvalue weighted by molar-refractivity contribution is 0.589. The van der Waals surface area contributed by atoms with Gasteiger partial charge in [-0.3, -0.25) is 4.98 Å². The summed E-state index contributed by atoms with van der Waals surface area (Å²) in [6.07, 6.45) is 3.69. The molecule has 0 saturated carbocycles. The standard InChI is InChI=1S/C46H56N4SSi/c1-29-21-31(39-27-34(19-20-47-39)45(6,7)8)24-36(22-29)50(12)37-25-32(23-35(26-37)46(9,10)11)41-42-40(48-28-49-41)30(2)43(51-42)52(13,14)38-17-15-33(16-18-38)44(3,4)5/h15-28H,1-14H3. The van der Waals surface area contributed by atoms with Crippen LogP contribution in [0.15, 0.2) is 85.3 Å². The zero-order chi connectivity index (χ0) is 38.0. The predicted octanol–water partition coefficient (Wildman–Crippen LogP) is 11.5. The molecule has 6 aromatic rings. The molecule has 52 heavy (non-hydrogen) atoms. The van der Waals surface area contributed by atoms with Gasteiger partial charge in [-0.2, -0.15) is 0 Å². The molecule has 0 atom stereocenters. The molecule has 0 N–H and O–H groups in total. The fourth-order valence-corrected chi connectivity index (χ4v) is 12.0. The van der Waals surface area contributed by atoms with Crippen molar-refractivity contribution < 1.29 is 0 Å². The molecule has 0 spiro atoms. The van der Waals surface area contributed by atoms with Gasteiger partial charge < -0.3 is 4.90 Å². The Bertz CT molecular complexity index is 2260. The molecule has 270 valence electrons. The Morgan fingerprint density at radius 2 is 1.23 bits per heavy atom. The van der Waals surface area contributed by atoms with Crippen molar-refractivity contribution in [3.63, 3.8) is 0 Å². The highest BCUT2D eigenvalue weighted by Gasteiger charge is 2.32. The molecular weight excluding hydrogens is 669 g/mol. The molecule has 4 nitrogen and oxygen atoms in total. The number of hydrogen-bond donors (Lipinski definition) is 0. The molecule has 6 heteroatoms. The molecular formula is C46H56N4SSi. The number of fused-ring (bicyclic) bond motifs is 1. The van der Waals surface area contributed by atoms with E-state index in [0.29, 0.717) is 0 Å². The van der Waals surface area contributed by atoms with Crippen LogP contribution in [-0.4, -0.2) is 30.1 Å². The van der Waals surface area contributed by atoms with Crippen molar-refractivity contribution in [2.45, 2.75) is 106 Å². The first-order valence-corrected chi connectivity index (χ1v) is 22.3. The Morgan fingerprint density at radius 1 is 0.615 bits per heavy atom. The fraction of sp³-hybridized carbons (Fsp3) is 0.370. The number of hydrogen-bond acceptors (Lipinski definition) is 5. The number of rotatable bonds is 6. The summed E-state index contributed by atoms with van der Waals surface area (Å²) in [5.74, 6) is 0. The molecule has 3 aromatic carbocycles. The van der Waals surface area contributed by atoms with Gasteiger partial charge >= 0.3 is 0 Å². The number of pyridine rings is 1. The summed E-state index contributed by atoms with van der Waals surface area (Å²) in [4.78, 5) is 17.0. The average Bonchev–Trinajstić information content (AvgIpc) is 3.43. The maximum absolute atomic E-state index is 5.01. The van der Waals surface area contributed by atoms with E-state index in [1.54, 1.807) is 6.33 Å². The van der Waals surface area contributed by atoms with Crippen LogP contribution in [0.2, 0.25) is 13.1 Å². The first-order valence-electron chi connectivity index (χ1n) is 18.5. The van der Waals surface area contributed by atoms with Gasteiger partial charge in [0.15, 0.2) is 0 Å². The Kier molecular flexibility index (Phi) is 9.67. The largest absolute Gasteiger partial charge is 0.345 e. The summed E-state index contributed by atoms with van der Waals surface area (Å²) >= 11 is 1.90. The third-order valence-electron chi connectivity index (χ3n) is 10.6. The first-order chi connectivity index (χ1) is 24.1. The minimum absolute atomic E-state index is 0.0505. The topological polar surface area (TPSA) is 41.9 Å². The smallest absolute Gasteiger partial charge is 0.125 e. The van der Waals surface area contributed by atoms with Crippen LogP contribution in [0.5, 0.6) is 0 Å². The number of benzene rings is 3. The summed E-state index contributed by atoms with van der Waals surface area (Å²) in [6, 6.07) is 27.5. The van der Waals surface area contributed by atoms with E-state index in [-0.39, 0.29) is 16.2 Å². The Hall–Kier alpha value is -4.13. The number of anilines is 2. The van der Waals surface area contributed by atoms with Crippen molar-refractivity contribution >= 4 is 50.7 Å². The minimum atomic E-state index is -2.02. The lowest BCUT2D eigenvalue weighted by Gasteiger charge is -2.26. The summed E-state index contributed by atoms with van der Waals surface area (Å²) in [6.45, 7) is 29.8. The average molecular weight is 725 g/mol. The zero-order valence-electron chi connectivity index (χ0n) is 33.8. The molecule has 0 aliphatic rings. The van der Waals surface area contributed by atoms with Gasteiger partial charge in [-0.05, 0) is 106 Å². The summed E-state index contributed by atoms with van der Waals surface area (Å²) in [5.41, 5.74) is 14.1. The Labute approximate surface area is 317 Å². The third kappa shape index (κ3) is 7.38. The van der Waals surface area contributed by atoms with Crippen molar-refractivity contribution in [3.05, 3.63) is 113 Å². The van der Waals surface area contributed by atoms with Crippen molar-refractivity contribution in [1.82, 2.24) is 15.0 Å². The van der Waals surface area contributed by atoms with Crippen molar-refractivity contribution in [2.24, 2.45) is 0 Å². The molecule has 3 heterocycles. The van der Waals surface area contributed by atoms with E-state index in [1.165, 1.54) is 42.2 Å². The van der Waals surface area contributed by atoms with Crippen LogP contribution in [0.25, 0.3) is 32.7 Å². The van der Waals surface area contributed by atoms with Gasteiger partial charge in [0.1, 0.15) is 14.4 Å². The van der Waals surface area contributed by atoms with Gasteiger partial charge in [0, 0.05) is 40.2 Å². The van der Waals surface area contributed by atoms with Crippen LogP contribution in [0.4, 0.5) is 11.4 Å². The quantitative estimate of drug-likeness (QED) is 0.160. The van der Waals surface area contributed by atoms with Crippen LogP contribution >= 0.6 is 11.3 Å². The van der Waals surface area contributed by atoms with E-state index < -0.39 is 8.07 Å². The number of aromatic nitrogens is 3. The molecule has 0 aliphatic heterocycles. The molecule has 3 aromatic heterocycles. The number of aryl methyl sites for hydroxylation is 2. The fourth-order valence-electron chi connectivity index (χ4n) is 7.03. The van der Waals surface area contributed by atoms with Crippen molar-refractivity contribution in [1.29, 1.82) is 0 Å². The van der Waals surface area contributed by atoms with Gasteiger partial charge in [-0.1, -0.05) is 105 Å². The van der Waals surface area contributed by atoms with E-state index >= 15 is 0 Å². The highest BCUT2D eigenvalue weighted by atomic mass is 32.1. The van der Waals surface area contributed by atoms with Gasteiger partial charge in [-0.15, -0.1) is 11.3 Å². The van der Waals surface area contributed by atoms with Crippen LogP contribution in [-0.2, 0) is 16.2 Å². The molecule has 0 unspecified atom stereocenters. The number of thiophene rings is 1. The van der Waals surface area contributed by atoms with Gasteiger partial charge in [0.2, 0.25) is 0 Å². The van der Waals surface area contributed by atoms with Gasteiger partial charge in [0.25, 0.3) is 0 Å².